The summed E-state index contributed by atoms with van der Waals surface area (Å²) in [6, 6.07) is 4.79. The van der Waals surface area contributed by atoms with Crippen LogP contribution >= 0.6 is 0 Å². The molecular weight excluding hydrogens is 284 g/mol. The minimum atomic E-state index is 0.367. The molecule has 0 aromatic carbocycles. The van der Waals surface area contributed by atoms with E-state index in [9.17, 15) is 4.79 Å². The van der Waals surface area contributed by atoms with Crippen molar-refractivity contribution in [1.82, 2.24) is 9.88 Å². The molecule has 128 valence electrons. The SMILES string of the molecule is CC(C)[C@@H]1CC[C@@H](C)CC1=O.CN1CCC[C@H]1c1cccnc1. The van der Waals surface area contributed by atoms with Gasteiger partial charge in [-0.3, -0.25) is 14.7 Å². The van der Waals surface area contributed by atoms with Gasteiger partial charge in [0.05, 0.1) is 0 Å². The lowest BCUT2D eigenvalue weighted by Gasteiger charge is -2.27. The van der Waals surface area contributed by atoms with Gasteiger partial charge < -0.3 is 0 Å². The number of carbonyl (C=O) groups excluding carboxylic acids is 1. The van der Waals surface area contributed by atoms with Crippen molar-refractivity contribution in [3.63, 3.8) is 0 Å². The smallest absolute Gasteiger partial charge is 0.136 e. The van der Waals surface area contributed by atoms with Gasteiger partial charge >= 0.3 is 0 Å². The van der Waals surface area contributed by atoms with E-state index in [1.165, 1.54) is 31.4 Å². The molecule has 0 amide bonds. The van der Waals surface area contributed by atoms with Crippen LogP contribution < -0.4 is 0 Å². The highest BCUT2D eigenvalue weighted by Crippen LogP contribution is 2.30. The Morgan fingerprint density at radius 2 is 2.04 bits per heavy atom. The molecule has 1 aromatic rings. The zero-order chi connectivity index (χ0) is 16.8. The van der Waals surface area contributed by atoms with Gasteiger partial charge in [-0.05, 0) is 62.7 Å². The van der Waals surface area contributed by atoms with Crippen molar-refractivity contribution in [1.29, 1.82) is 0 Å². The highest BCUT2D eigenvalue weighted by molar-refractivity contribution is 5.82. The molecule has 1 aromatic heterocycles. The summed E-state index contributed by atoms with van der Waals surface area (Å²) in [5, 5.41) is 0. The number of likely N-dealkylation sites (tertiary alicyclic amines) is 1. The third-order valence-corrected chi connectivity index (χ3v) is 5.33. The van der Waals surface area contributed by atoms with E-state index in [4.69, 9.17) is 0 Å². The van der Waals surface area contributed by atoms with E-state index in [1.54, 1.807) is 0 Å². The number of rotatable bonds is 2. The molecule has 0 spiro atoms. The van der Waals surface area contributed by atoms with Crippen LogP contribution in [0.15, 0.2) is 24.5 Å². The lowest BCUT2D eigenvalue weighted by Crippen LogP contribution is -2.27. The van der Waals surface area contributed by atoms with Gasteiger partial charge in [0, 0.05) is 30.8 Å². The molecule has 2 aliphatic rings. The normalized spacial score (nSPS) is 28.6. The first-order valence-corrected chi connectivity index (χ1v) is 9.12. The van der Waals surface area contributed by atoms with Crippen molar-refractivity contribution in [2.24, 2.45) is 17.8 Å². The summed E-state index contributed by atoms with van der Waals surface area (Å²) < 4.78 is 0. The molecule has 0 radical (unpaired) electrons. The minimum Gasteiger partial charge on any atom is -0.299 e. The van der Waals surface area contributed by atoms with Crippen LogP contribution in [0.1, 0.15) is 64.5 Å². The number of hydrogen-bond acceptors (Lipinski definition) is 3. The van der Waals surface area contributed by atoms with Crippen LogP contribution in [-0.4, -0.2) is 29.3 Å². The number of pyridine rings is 1. The Kier molecular flexibility index (Phi) is 6.76. The molecule has 2 fully saturated rings. The topological polar surface area (TPSA) is 33.2 Å². The fourth-order valence-corrected chi connectivity index (χ4v) is 3.83. The van der Waals surface area contributed by atoms with E-state index >= 15 is 0 Å². The van der Waals surface area contributed by atoms with E-state index < -0.39 is 0 Å². The summed E-state index contributed by atoms with van der Waals surface area (Å²) in [6.07, 6.45) is 9.60. The molecule has 1 saturated heterocycles. The Bertz CT molecular complexity index is 486. The number of nitrogens with zero attached hydrogens (tertiary/aromatic N) is 2. The van der Waals surface area contributed by atoms with Crippen molar-refractivity contribution < 1.29 is 4.79 Å². The van der Waals surface area contributed by atoms with Gasteiger partial charge in [0.15, 0.2) is 0 Å². The number of hydrogen-bond donors (Lipinski definition) is 0. The molecule has 3 nitrogen and oxygen atoms in total. The van der Waals surface area contributed by atoms with Crippen LogP contribution in [0.25, 0.3) is 0 Å². The largest absolute Gasteiger partial charge is 0.299 e. The highest BCUT2D eigenvalue weighted by atomic mass is 16.1. The first kappa shape index (κ1) is 18.1. The van der Waals surface area contributed by atoms with Gasteiger partial charge in [-0.25, -0.2) is 0 Å². The predicted molar refractivity (Wildman–Crippen MR) is 95.2 cm³/mol. The van der Waals surface area contributed by atoms with Crippen LogP contribution in [0.3, 0.4) is 0 Å². The maximum absolute atomic E-state index is 11.4. The summed E-state index contributed by atoms with van der Waals surface area (Å²) in [6.45, 7) is 7.70. The standard InChI is InChI=1S/C10H14N2.C10H18O/c1-12-7-3-5-10(12)9-4-2-6-11-8-9;1-7(2)9-5-4-8(3)6-10(9)11/h2,4,6,8,10H,3,5,7H2,1H3;7-9H,4-6H2,1-3H3/t10-;8-,9+/m01/s1. The van der Waals surface area contributed by atoms with E-state index in [2.05, 4.69) is 43.8 Å². The van der Waals surface area contributed by atoms with Gasteiger partial charge in [-0.15, -0.1) is 0 Å². The zero-order valence-corrected chi connectivity index (χ0v) is 15.2. The molecule has 0 bridgehead atoms. The van der Waals surface area contributed by atoms with E-state index in [0.29, 0.717) is 29.6 Å². The third-order valence-electron chi connectivity index (χ3n) is 5.33. The Balaban J connectivity index is 0.000000168. The predicted octanol–water partition coefficient (Wildman–Crippen LogP) is 4.50. The number of ketones is 1. The number of aromatic nitrogens is 1. The van der Waals surface area contributed by atoms with Crippen LogP contribution in [0.4, 0.5) is 0 Å². The first-order chi connectivity index (χ1) is 11.0. The Morgan fingerprint density at radius 1 is 1.26 bits per heavy atom. The van der Waals surface area contributed by atoms with Crippen LogP contribution in [-0.2, 0) is 4.79 Å². The van der Waals surface area contributed by atoms with Crippen molar-refractivity contribution in [3.05, 3.63) is 30.1 Å². The van der Waals surface area contributed by atoms with E-state index in [1.807, 2.05) is 18.5 Å². The van der Waals surface area contributed by atoms with Crippen LogP contribution in [0.2, 0.25) is 0 Å². The van der Waals surface area contributed by atoms with Gasteiger partial charge in [0.25, 0.3) is 0 Å². The van der Waals surface area contributed by atoms with Crippen molar-refractivity contribution >= 4 is 5.78 Å². The fraction of sp³-hybridized carbons (Fsp3) is 0.700. The molecule has 0 N–H and O–H groups in total. The molecule has 23 heavy (non-hydrogen) atoms. The Morgan fingerprint density at radius 3 is 2.57 bits per heavy atom. The maximum atomic E-state index is 11.4. The van der Waals surface area contributed by atoms with Gasteiger partial charge in [0.2, 0.25) is 0 Å². The molecule has 3 heteroatoms. The molecule has 1 aliphatic carbocycles. The van der Waals surface area contributed by atoms with Gasteiger partial charge in [-0.2, -0.15) is 0 Å². The summed E-state index contributed by atoms with van der Waals surface area (Å²) in [5.41, 5.74) is 1.36. The summed E-state index contributed by atoms with van der Waals surface area (Å²) in [7, 11) is 2.19. The van der Waals surface area contributed by atoms with Gasteiger partial charge in [-0.1, -0.05) is 26.8 Å². The maximum Gasteiger partial charge on any atom is 0.136 e. The minimum absolute atomic E-state index is 0.367. The first-order valence-electron chi connectivity index (χ1n) is 9.12. The monoisotopic (exact) mass is 316 g/mol. The quantitative estimate of drug-likeness (QED) is 0.805. The van der Waals surface area contributed by atoms with Crippen molar-refractivity contribution in [2.45, 2.75) is 58.9 Å². The number of Topliss-reactive ketones (excluding diaryl/α,β-unsaturated/α-hetero) is 1. The second-order valence-electron chi connectivity index (χ2n) is 7.63. The molecular formula is C20H32N2O. The lowest BCUT2D eigenvalue weighted by atomic mass is 9.77. The highest BCUT2D eigenvalue weighted by Gasteiger charge is 2.28. The number of carbonyl (C=O) groups is 1. The molecule has 3 rings (SSSR count). The molecule has 1 saturated carbocycles. The average Bonchev–Trinajstić information content (AvgIpc) is 2.94. The fourth-order valence-electron chi connectivity index (χ4n) is 3.83. The van der Waals surface area contributed by atoms with Gasteiger partial charge in [0.1, 0.15) is 5.78 Å². The van der Waals surface area contributed by atoms with Crippen LogP contribution in [0.5, 0.6) is 0 Å². The zero-order valence-electron chi connectivity index (χ0n) is 15.2. The lowest BCUT2D eigenvalue weighted by molar-refractivity contribution is -0.127. The Labute approximate surface area is 141 Å². The van der Waals surface area contributed by atoms with Crippen molar-refractivity contribution in [2.75, 3.05) is 13.6 Å². The Hall–Kier alpha value is -1.22. The molecule has 0 unspecified atom stereocenters. The van der Waals surface area contributed by atoms with E-state index in [-0.39, 0.29) is 0 Å². The molecule has 2 heterocycles. The van der Waals surface area contributed by atoms with Crippen LogP contribution in [0, 0.1) is 17.8 Å². The molecule has 1 aliphatic heterocycles. The summed E-state index contributed by atoms with van der Waals surface area (Å²) in [4.78, 5) is 18.0. The second-order valence-corrected chi connectivity index (χ2v) is 7.63. The second kappa shape index (κ2) is 8.58. The third kappa shape index (κ3) is 5.13. The van der Waals surface area contributed by atoms with Crippen molar-refractivity contribution in [3.8, 4) is 0 Å². The molecule has 3 atom stereocenters. The summed E-state index contributed by atoms with van der Waals surface area (Å²) in [5.74, 6) is 2.05. The summed E-state index contributed by atoms with van der Waals surface area (Å²) >= 11 is 0. The average molecular weight is 316 g/mol. The van der Waals surface area contributed by atoms with E-state index in [0.717, 1.165) is 12.8 Å².